The van der Waals surface area contributed by atoms with Crippen molar-refractivity contribution in [2.45, 2.75) is 51.6 Å². The summed E-state index contributed by atoms with van der Waals surface area (Å²) in [6.45, 7) is 3.35. The van der Waals surface area contributed by atoms with Crippen LogP contribution in [-0.4, -0.2) is 22.4 Å². The Hall–Kier alpha value is -0.880. The van der Waals surface area contributed by atoms with Crippen molar-refractivity contribution in [2.24, 2.45) is 11.7 Å². The highest BCUT2D eigenvalue weighted by molar-refractivity contribution is 9.10. The van der Waals surface area contributed by atoms with Gasteiger partial charge in [-0.1, -0.05) is 19.8 Å². The number of rotatable bonds is 7. The van der Waals surface area contributed by atoms with Gasteiger partial charge >= 0.3 is 0 Å². The molecule has 1 saturated carbocycles. The average molecular weight is 343 g/mol. The molecule has 1 fully saturated rings. The van der Waals surface area contributed by atoms with Crippen LogP contribution in [0.1, 0.15) is 39.0 Å². The number of nitrogens with two attached hydrogens (primary N) is 1. The highest BCUT2D eigenvalue weighted by Crippen LogP contribution is 2.27. The number of anilines is 1. The molecule has 1 atom stereocenters. The van der Waals surface area contributed by atoms with Gasteiger partial charge in [0.05, 0.1) is 10.7 Å². The molecule has 1 aromatic rings. The Morgan fingerprint density at radius 1 is 1.60 bits per heavy atom. The number of nitrogens with zero attached hydrogens (tertiary/aromatic N) is 2. The van der Waals surface area contributed by atoms with Crippen LogP contribution in [0.3, 0.4) is 0 Å². The van der Waals surface area contributed by atoms with Gasteiger partial charge in [-0.3, -0.25) is 4.79 Å². The fourth-order valence-corrected chi connectivity index (χ4v) is 2.83. The Morgan fingerprint density at radius 2 is 2.35 bits per heavy atom. The fraction of sp³-hybridized carbons (Fsp3) is 0.714. The van der Waals surface area contributed by atoms with Gasteiger partial charge in [-0.15, -0.1) is 0 Å². The van der Waals surface area contributed by atoms with E-state index in [1.165, 1.54) is 19.3 Å². The normalized spacial score (nSPS) is 16.8. The highest BCUT2D eigenvalue weighted by atomic mass is 79.9. The van der Waals surface area contributed by atoms with Gasteiger partial charge < -0.3 is 11.1 Å². The van der Waals surface area contributed by atoms with E-state index in [9.17, 15) is 4.79 Å². The molecule has 2 rings (SSSR count). The van der Waals surface area contributed by atoms with Crippen LogP contribution < -0.4 is 16.6 Å². The Balaban J connectivity index is 2.17. The lowest BCUT2D eigenvalue weighted by atomic mass is 9.85. The monoisotopic (exact) mass is 342 g/mol. The Morgan fingerprint density at radius 3 is 2.90 bits per heavy atom. The van der Waals surface area contributed by atoms with E-state index in [0.29, 0.717) is 22.6 Å². The van der Waals surface area contributed by atoms with Crippen molar-refractivity contribution in [1.82, 2.24) is 9.78 Å². The summed E-state index contributed by atoms with van der Waals surface area (Å²) >= 11 is 3.41. The lowest BCUT2D eigenvalue weighted by molar-refractivity contribution is 0.262. The third-order valence-electron chi connectivity index (χ3n) is 3.92. The van der Waals surface area contributed by atoms with Crippen LogP contribution >= 0.6 is 15.9 Å². The Kier molecular flexibility index (Phi) is 5.60. The molecule has 1 heterocycles. The van der Waals surface area contributed by atoms with Gasteiger partial charge in [-0.25, -0.2) is 4.68 Å². The highest BCUT2D eigenvalue weighted by Gasteiger charge is 2.20. The summed E-state index contributed by atoms with van der Waals surface area (Å²) in [4.78, 5) is 12.5. The molecule has 3 N–H and O–H groups in total. The third-order valence-corrected chi connectivity index (χ3v) is 4.52. The minimum atomic E-state index is -0.0548. The molecular weight excluding hydrogens is 320 g/mol. The third kappa shape index (κ3) is 3.61. The van der Waals surface area contributed by atoms with Gasteiger partial charge in [0, 0.05) is 19.1 Å². The van der Waals surface area contributed by atoms with Crippen molar-refractivity contribution in [2.75, 3.05) is 11.9 Å². The fourth-order valence-electron chi connectivity index (χ4n) is 2.45. The van der Waals surface area contributed by atoms with Crippen molar-refractivity contribution in [3.05, 3.63) is 21.0 Å². The number of aromatic nitrogens is 2. The van der Waals surface area contributed by atoms with Gasteiger partial charge in [0.15, 0.2) is 0 Å². The van der Waals surface area contributed by atoms with E-state index < -0.39 is 0 Å². The van der Waals surface area contributed by atoms with Crippen molar-refractivity contribution < 1.29 is 0 Å². The maximum atomic E-state index is 12.5. The van der Waals surface area contributed by atoms with E-state index in [0.717, 1.165) is 19.4 Å². The Labute approximate surface area is 128 Å². The number of halogens is 1. The van der Waals surface area contributed by atoms with E-state index in [-0.39, 0.29) is 11.6 Å². The molecule has 0 bridgehead atoms. The van der Waals surface area contributed by atoms with Gasteiger partial charge in [0.25, 0.3) is 5.56 Å². The topological polar surface area (TPSA) is 72.9 Å². The van der Waals surface area contributed by atoms with Gasteiger partial charge in [-0.2, -0.15) is 5.10 Å². The summed E-state index contributed by atoms with van der Waals surface area (Å²) in [5.41, 5.74) is 6.29. The van der Waals surface area contributed by atoms with E-state index in [2.05, 4.69) is 33.3 Å². The van der Waals surface area contributed by atoms with Crippen LogP contribution in [-0.2, 0) is 6.54 Å². The summed E-state index contributed by atoms with van der Waals surface area (Å²) in [5.74, 6) is 0.607. The average Bonchev–Trinajstić information content (AvgIpc) is 2.39. The molecule has 0 amide bonds. The van der Waals surface area contributed by atoms with Crippen molar-refractivity contribution in [3.63, 3.8) is 0 Å². The van der Waals surface area contributed by atoms with Crippen molar-refractivity contribution >= 4 is 21.6 Å². The number of nitrogens with one attached hydrogen (secondary N) is 1. The predicted octanol–water partition coefficient (Wildman–Crippen LogP) is 2.35. The van der Waals surface area contributed by atoms with Crippen molar-refractivity contribution in [1.29, 1.82) is 0 Å². The molecule has 0 aliphatic heterocycles. The van der Waals surface area contributed by atoms with Gasteiger partial charge in [0.1, 0.15) is 5.69 Å². The summed E-state index contributed by atoms with van der Waals surface area (Å²) in [7, 11) is 0. The van der Waals surface area contributed by atoms with Crippen LogP contribution in [0.4, 0.5) is 5.69 Å². The van der Waals surface area contributed by atoms with E-state index in [1.54, 1.807) is 10.9 Å². The summed E-state index contributed by atoms with van der Waals surface area (Å²) < 4.78 is 2.29. The molecule has 112 valence electrons. The van der Waals surface area contributed by atoms with Crippen LogP contribution in [0.2, 0.25) is 0 Å². The molecule has 5 nitrogen and oxygen atoms in total. The van der Waals surface area contributed by atoms with Crippen LogP contribution in [0, 0.1) is 5.92 Å². The first-order valence-corrected chi connectivity index (χ1v) is 8.17. The zero-order valence-electron chi connectivity index (χ0n) is 11.9. The standard InChI is InChI=1S/C14H23BrN4O/c1-2-4-11(7-16)18-13-12(15)8-17-19(14(13)20)9-10-5-3-6-10/h8,10-11,18H,2-7,9,16H2,1H3. The van der Waals surface area contributed by atoms with E-state index in [4.69, 9.17) is 5.73 Å². The zero-order valence-corrected chi connectivity index (χ0v) is 13.5. The Bertz CT molecular complexity index is 498. The number of hydrogen-bond acceptors (Lipinski definition) is 4. The molecule has 1 aliphatic rings. The summed E-state index contributed by atoms with van der Waals surface area (Å²) in [6, 6.07) is 0.128. The molecule has 0 saturated heterocycles. The molecule has 20 heavy (non-hydrogen) atoms. The number of hydrogen-bond donors (Lipinski definition) is 2. The second-order valence-corrected chi connectivity index (χ2v) is 6.37. The first-order valence-electron chi connectivity index (χ1n) is 7.38. The second kappa shape index (κ2) is 7.22. The molecule has 0 radical (unpaired) electrons. The van der Waals surface area contributed by atoms with E-state index >= 15 is 0 Å². The smallest absolute Gasteiger partial charge is 0.291 e. The minimum Gasteiger partial charge on any atom is -0.376 e. The lowest BCUT2D eigenvalue weighted by Gasteiger charge is -2.26. The molecular formula is C14H23BrN4O. The van der Waals surface area contributed by atoms with Crippen LogP contribution in [0.25, 0.3) is 0 Å². The maximum absolute atomic E-state index is 12.5. The zero-order chi connectivity index (χ0) is 14.5. The molecule has 1 unspecified atom stereocenters. The second-order valence-electron chi connectivity index (χ2n) is 5.52. The molecule has 6 heteroatoms. The SMILES string of the molecule is CCCC(CN)Nc1c(Br)cnn(CC2CCC2)c1=O. The predicted molar refractivity (Wildman–Crippen MR) is 84.9 cm³/mol. The van der Waals surface area contributed by atoms with Crippen LogP contribution in [0.5, 0.6) is 0 Å². The van der Waals surface area contributed by atoms with Gasteiger partial charge in [-0.05, 0) is 41.1 Å². The summed E-state index contributed by atoms with van der Waals surface area (Å²) in [6.07, 6.45) is 7.36. The van der Waals surface area contributed by atoms with Crippen LogP contribution in [0.15, 0.2) is 15.5 Å². The largest absolute Gasteiger partial charge is 0.376 e. The van der Waals surface area contributed by atoms with E-state index in [1.807, 2.05) is 0 Å². The quantitative estimate of drug-likeness (QED) is 0.797. The lowest BCUT2D eigenvalue weighted by Crippen LogP contribution is -2.35. The molecule has 1 aromatic heterocycles. The first-order chi connectivity index (χ1) is 9.65. The molecule has 1 aliphatic carbocycles. The summed E-state index contributed by atoms with van der Waals surface area (Å²) in [5, 5.41) is 7.50. The first kappa shape index (κ1) is 15.5. The van der Waals surface area contributed by atoms with Gasteiger partial charge in [0.2, 0.25) is 0 Å². The maximum Gasteiger partial charge on any atom is 0.291 e. The van der Waals surface area contributed by atoms with Crippen molar-refractivity contribution in [3.8, 4) is 0 Å². The minimum absolute atomic E-state index is 0.0548. The molecule has 0 aromatic carbocycles. The molecule has 0 spiro atoms.